The number of aliphatic imine (C=N–C) groups is 1. The summed E-state index contributed by atoms with van der Waals surface area (Å²) in [5, 5.41) is 7.49. The van der Waals surface area contributed by atoms with Gasteiger partial charge in [0, 0.05) is 45.3 Å². The highest BCUT2D eigenvalue weighted by atomic mass is 127. The molecule has 0 aromatic carbocycles. The van der Waals surface area contributed by atoms with E-state index in [0.29, 0.717) is 6.54 Å². The van der Waals surface area contributed by atoms with Gasteiger partial charge in [-0.25, -0.2) is 0 Å². The summed E-state index contributed by atoms with van der Waals surface area (Å²) in [4.78, 5) is 9.08. The Hall–Kier alpha value is -0.830. The third-order valence-corrected chi connectivity index (χ3v) is 4.87. The van der Waals surface area contributed by atoms with Crippen LogP contribution in [0.5, 0.6) is 0 Å². The number of nitrogens with one attached hydrogen (secondary N) is 1. The zero-order chi connectivity index (χ0) is 17.7. The molecule has 1 aliphatic heterocycles. The van der Waals surface area contributed by atoms with Crippen molar-refractivity contribution in [2.24, 2.45) is 16.8 Å². The van der Waals surface area contributed by atoms with Gasteiger partial charge in [0.15, 0.2) is 5.96 Å². The predicted octanol–water partition coefficient (Wildman–Crippen LogP) is 3.06. The van der Waals surface area contributed by atoms with E-state index in [2.05, 4.69) is 53.0 Å². The van der Waals surface area contributed by atoms with E-state index in [4.69, 9.17) is 4.52 Å². The van der Waals surface area contributed by atoms with Gasteiger partial charge in [-0.15, -0.1) is 24.0 Å². The second-order valence-electron chi connectivity index (χ2n) is 7.91. The summed E-state index contributed by atoms with van der Waals surface area (Å²) >= 11 is 0. The maximum absolute atomic E-state index is 4.90. The number of nitrogens with zero attached hydrogens (tertiary/aromatic N) is 4. The largest absolute Gasteiger partial charge is 0.364 e. The van der Waals surface area contributed by atoms with Gasteiger partial charge >= 0.3 is 0 Å². The molecule has 2 heterocycles. The fraction of sp³-hybridized carbons (Fsp3) is 0.778. The molecule has 0 spiro atoms. The number of likely N-dealkylation sites (tertiary alicyclic amines) is 1. The number of hydrogen-bond acceptors (Lipinski definition) is 4. The van der Waals surface area contributed by atoms with Crippen molar-refractivity contribution in [3.8, 4) is 0 Å². The summed E-state index contributed by atoms with van der Waals surface area (Å²) in [6.07, 6.45) is 2.93. The highest BCUT2D eigenvalue weighted by molar-refractivity contribution is 14.0. The van der Waals surface area contributed by atoms with Crippen LogP contribution in [0.1, 0.15) is 39.8 Å². The van der Waals surface area contributed by atoms with Gasteiger partial charge in [0.1, 0.15) is 12.0 Å². The minimum Gasteiger partial charge on any atom is -0.364 e. The molecule has 2 unspecified atom stereocenters. The minimum atomic E-state index is 0. The van der Waals surface area contributed by atoms with Gasteiger partial charge in [-0.1, -0.05) is 19.0 Å². The Balaban J connectivity index is 0.00000312. The second-order valence-corrected chi connectivity index (χ2v) is 7.91. The Morgan fingerprint density at radius 3 is 2.56 bits per heavy atom. The Kier molecular flexibility index (Phi) is 8.67. The van der Waals surface area contributed by atoms with Crippen LogP contribution in [-0.4, -0.2) is 60.2 Å². The van der Waals surface area contributed by atoms with Crippen LogP contribution in [0.15, 0.2) is 21.8 Å². The van der Waals surface area contributed by atoms with E-state index in [1.54, 1.807) is 6.26 Å². The van der Waals surface area contributed by atoms with Crippen molar-refractivity contribution in [3.05, 3.63) is 18.0 Å². The molecule has 0 aliphatic carbocycles. The van der Waals surface area contributed by atoms with Gasteiger partial charge in [0.25, 0.3) is 0 Å². The zero-order valence-corrected chi connectivity index (χ0v) is 18.8. The van der Waals surface area contributed by atoms with Crippen LogP contribution in [0.4, 0.5) is 0 Å². The molecule has 0 saturated carbocycles. The van der Waals surface area contributed by atoms with Crippen molar-refractivity contribution in [1.29, 1.82) is 0 Å². The van der Waals surface area contributed by atoms with Crippen LogP contribution in [-0.2, 0) is 6.54 Å². The Morgan fingerprint density at radius 2 is 2.04 bits per heavy atom. The van der Waals surface area contributed by atoms with Crippen molar-refractivity contribution in [2.45, 2.75) is 46.2 Å². The highest BCUT2D eigenvalue weighted by Crippen LogP contribution is 2.26. The minimum absolute atomic E-state index is 0. The molecule has 1 aliphatic rings. The van der Waals surface area contributed by atoms with Gasteiger partial charge in [0.05, 0.1) is 6.54 Å². The number of halogens is 1. The normalized spacial score (nSPS) is 22.4. The SMILES string of the molecule is CN=C(NCC(C)(C)N1CC(C)CC(C)C1)N(C)Cc1ccon1.I. The molecule has 7 heteroatoms. The summed E-state index contributed by atoms with van der Waals surface area (Å²) in [6.45, 7) is 13.2. The number of guanidine groups is 1. The lowest BCUT2D eigenvalue weighted by atomic mass is 9.88. The van der Waals surface area contributed by atoms with Crippen LogP contribution >= 0.6 is 24.0 Å². The molecule has 1 aromatic rings. The molecule has 2 atom stereocenters. The topological polar surface area (TPSA) is 56.9 Å². The lowest BCUT2D eigenvalue weighted by Crippen LogP contribution is -2.57. The highest BCUT2D eigenvalue weighted by Gasteiger charge is 2.32. The van der Waals surface area contributed by atoms with E-state index in [0.717, 1.165) is 30.0 Å². The van der Waals surface area contributed by atoms with E-state index < -0.39 is 0 Å². The molecule has 1 saturated heterocycles. The maximum Gasteiger partial charge on any atom is 0.193 e. The van der Waals surface area contributed by atoms with Gasteiger partial charge in [-0.05, 0) is 32.1 Å². The lowest BCUT2D eigenvalue weighted by Gasteiger charge is -2.45. The van der Waals surface area contributed by atoms with Gasteiger partial charge < -0.3 is 14.7 Å². The predicted molar refractivity (Wildman–Crippen MR) is 113 cm³/mol. The molecule has 1 fully saturated rings. The van der Waals surface area contributed by atoms with Crippen LogP contribution in [0, 0.1) is 11.8 Å². The summed E-state index contributed by atoms with van der Waals surface area (Å²) < 4.78 is 4.90. The molecule has 0 radical (unpaired) electrons. The summed E-state index contributed by atoms with van der Waals surface area (Å²) in [7, 11) is 3.84. The van der Waals surface area contributed by atoms with E-state index in [9.17, 15) is 0 Å². The molecular weight excluding hydrogens is 429 g/mol. The average Bonchev–Trinajstić information content (AvgIpc) is 2.99. The number of aromatic nitrogens is 1. The summed E-state index contributed by atoms with van der Waals surface area (Å²) in [5.74, 6) is 2.41. The first-order valence-electron chi connectivity index (χ1n) is 8.88. The Morgan fingerprint density at radius 1 is 1.40 bits per heavy atom. The first-order valence-corrected chi connectivity index (χ1v) is 8.88. The molecule has 0 bridgehead atoms. The first-order chi connectivity index (χ1) is 11.3. The second kappa shape index (κ2) is 9.75. The molecule has 1 N–H and O–H groups in total. The summed E-state index contributed by atoms with van der Waals surface area (Å²) in [5.41, 5.74) is 0.992. The molecule has 144 valence electrons. The number of piperidine rings is 1. The smallest absolute Gasteiger partial charge is 0.193 e. The van der Waals surface area contributed by atoms with Gasteiger partial charge in [-0.2, -0.15) is 0 Å². The molecule has 2 rings (SSSR count). The monoisotopic (exact) mass is 463 g/mol. The van der Waals surface area contributed by atoms with Crippen molar-refractivity contribution in [1.82, 2.24) is 20.3 Å². The quantitative estimate of drug-likeness (QED) is 0.413. The number of hydrogen-bond donors (Lipinski definition) is 1. The first kappa shape index (κ1) is 22.2. The van der Waals surface area contributed by atoms with Gasteiger partial charge in [0.2, 0.25) is 0 Å². The third kappa shape index (κ3) is 6.44. The fourth-order valence-corrected chi connectivity index (χ4v) is 3.59. The summed E-state index contributed by atoms with van der Waals surface area (Å²) in [6, 6.07) is 1.88. The molecule has 25 heavy (non-hydrogen) atoms. The van der Waals surface area contributed by atoms with Crippen molar-refractivity contribution in [3.63, 3.8) is 0 Å². The Labute approximate surface area is 169 Å². The van der Waals surface area contributed by atoms with Crippen molar-refractivity contribution < 1.29 is 4.52 Å². The average molecular weight is 463 g/mol. The third-order valence-electron chi connectivity index (χ3n) is 4.87. The standard InChI is InChI=1S/C18H33N5O.HI/c1-14-9-15(2)11-23(10-14)18(3,4)13-20-17(19-5)22(6)12-16-7-8-24-21-16;/h7-8,14-15H,9-13H2,1-6H3,(H,19,20);1H. The van der Waals surface area contributed by atoms with E-state index in [-0.39, 0.29) is 29.5 Å². The van der Waals surface area contributed by atoms with Crippen molar-refractivity contribution in [2.75, 3.05) is 33.7 Å². The maximum atomic E-state index is 4.90. The van der Waals surface area contributed by atoms with E-state index in [1.165, 1.54) is 19.5 Å². The molecular formula is C18H34IN5O. The zero-order valence-electron chi connectivity index (χ0n) is 16.5. The van der Waals surface area contributed by atoms with Crippen LogP contribution in [0.3, 0.4) is 0 Å². The van der Waals surface area contributed by atoms with E-state index >= 15 is 0 Å². The van der Waals surface area contributed by atoms with Gasteiger partial charge in [-0.3, -0.25) is 9.89 Å². The van der Waals surface area contributed by atoms with Crippen LogP contribution < -0.4 is 5.32 Å². The fourth-order valence-electron chi connectivity index (χ4n) is 3.59. The Bertz CT molecular complexity index is 522. The lowest BCUT2D eigenvalue weighted by molar-refractivity contribution is 0.0480. The molecule has 1 aromatic heterocycles. The number of rotatable bonds is 5. The van der Waals surface area contributed by atoms with Crippen LogP contribution in [0.25, 0.3) is 0 Å². The molecule has 6 nitrogen and oxygen atoms in total. The van der Waals surface area contributed by atoms with E-state index in [1.807, 2.05) is 20.2 Å². The van der Waals surface area contributed by atoms with Crippen molar-refractivity contribution >= 4 is 29.9 Å². The van der Waals surface area contributed by atoms with Crippen LogP contribution in [0.2, 0.25) is 0 Å². The molecule has 0 amide bonds.